The topological polar surface area (TPSA) is 12.5 Å². The van der Waals surface area contributed by atoms with Crippen LogP contribution in [0.1, 0.15) is 13.8 Å². The molecule has 1 aromatic carbocycles. The summed E-state index contributed by atoms with van der Waals surface area (Å²) in [6.45, 7) is 5.84. The van der Waals surface area contributed by atoms with Gasteiger partial charge in [0.25, 0.3) is 0 Å². The van der Waals surface area contributed by atoms with E-state index in [4.69, 9.17) is 4.74 Å². The van der Waals surface area contributed by atoms with Crippen LogP contribution in [0.15, 0.2) is 16.6 Å². The fourth-order valence-electron chi connectivity index (χ4n) is 2.06. The molecule has 1 aliphatic heterocycles. The summed E-state index contributed by atoms with van der Waals surface area (Å²) in [6.07, 6.45) is 0.0601. The minimum Gasteiger partial charge on any atom is -0.374 e. The molecule has 1 atom stereocenters. The second-order valence-electron chi connectivity index (χ2n) is 4.79. The summed E-state index contributed by atoms with van der Waals surface area (Å²) >= 11 is 2.98. The molecule has 0 amide bonds. The maximum atomic E-state index is 13.9. The van der Waals surface area contributed by atoms with Gasteiger partial charge in [0.1, 0.15) is 0 Å². The molecule has 1 heterocycles. The lowest BCUT2D eigenvalue weighted by Crippen LogP contribution is -2.45. The van der Waals surface area contributed by atoms with Crippen LogP contribution in [0.25, 0.3) is 0 Å². The first-order chi connectivity index (χ1) is 8.50. The molecule has 2 nitrogen and oxygen atoms in total. The first-order valence-electron chi connectivity index (χ1n) is 6.00. The highest BCUT2D eigenvalue weighted by Crippen LogP contribution is 2.29. The van der Waals surface area contributed by atoms with Gasteiger partial charge in [-0.1, -0.05) is 13.8 Å². The molecular weight excluding hydrogens is 304 g/mol. The molecular formula is C13H16BrF2NO. The summed E-state index contributed by atoms with van der Waals surface area (Å²) in [4.78, 5) is 1.85. The van der Waals surface area contributed by atoms with Crippen LogP contribution in [-0.4, -0.2) is 25.8 Å². The van der Waals surface area contributed by atoms with Gasteiger partial charge in [0, 0.05) is 13.1 Å². The Balaban J connectivity index is 2.24. The third-order valence-electron chi connectivity index (χ3n) is 3.19. The van der Waals surface area contributed by atoms with Gasteiger partial charge in [-0.3, -0.25) is 0 Å². The second kappa shape index (κ2) is 5.53. The van der Waals surface area contributed by atoms with Crippen molar-refractivity contribution in [1.29, 1.82) is 0 Å². The Morgan fingerprint density at radius 3 is 2.72 bits per heavy atom. The molecule has 0 bridgehead atoms. The zero-order valence-corrected chi connectivity index (χ0v) is 12.0. The minimum absolute atomic E-state index is 0.0601. The molecule has 1 fully saturated rings. The highest BCUT2D eigenvalue weighted by molar-refractivity contribution is 9.10. The SMILES string of the molecule is CC(C)[C@H]1CN(c2ccc(Br)c(F)c2F)CCO1. The number of hydrogen-bond acceptors (Lipinski definition) is 2. The van der Waals surface area contributed by atoms with Crippen molar-refractivity contribution in [3.8, 4) is 0 Å². The molecule has 18 heavy (non-hydrogen) atoms. The largest absolute Gasteiger partial charge is 0.374 e. The zero-order chi connectivity index (χ0) is 13.3. The first-order valence-corrected chi connectivity index (χ1v) is 6.80. The Labute approximate surface area is 114 Å². The Hall–Kier alpha value is -0.680. The van der Waals surface area contributed by atoms with E-state index in [0.717, 1.165) is 0 Å². The van der Waals surface area contributed by atoms with Gasteiger partial charge < -0.3 is 9.64 Å². The maximum Gasteiger partial charge on any atom is 0.183 e. The number of morpholine rings is 1. The number of nitrogens with zero attached hydrogens (tertiary/aromatic N) is 1. The molecule has 5 heteroatoms. The summed E-state index contributed by atoms with van der Waals surface area (Å²) in [5, 5.41) is 0. The fraction of sp³-hybridized carbons (Fsp3) is 0.538. The zero-order valence-electron chi connectivity index (χ0n) is 10.4. The summed E-state index contributed by atoms with van der Waals surface area (Å²) in [5.41, 5.74) is 0.310. The molecule has 2 rings (SSSR count). The second-order valence-corrected chi connectivity index (χ2v) is 5.65. The van der Waals surface area contributed by atoms with E-state index in [1.807, 2.05) is 4.90 Å². The van der Waals surface area contributed by atoms with E-state index in [-0.39, 0.29) is 10.6 Å². The Morgan fingerprint density at radius 2 is 2.06 bits per heavy atom. The maximum absolute atomic E-state index is 13.9. The number of rotatable bonds is 2. The average molecular weight is 320 g/mol. The molecule has 1 aliphatic rings. The minimum atomic E-state index is -0.833. The van der Waals surface area contributed by atoms with Crippen LogP contribution in [-0.2, 0) is 4.74 Å². The average Bonchev–Trinajstić information content (AvgIpc) is 2.36. The number of hydrogen-bond donors (Lipinski definition) is 0. The van der Waals surface area contributed by atoms with Crippen molar-refractivity contribution in [3.63, 3.8) is 0 Å². The number of halogens is 3. The van der Waals surface area contributed by atoms with Crippen LogP contribution < -0.4 is 4.90 Å². The molecule has 0 saturated carbocycles. The van der Waals surface area contributed by atoms with Crippen molar-refractivity contribution < 1.29 is 13.5 Å². The van der Waals surface area contributed by atoms with Crippen molar-refractivity contribution in [1.82, 2.24) is 0 Å². The lowest BCUT2D eigenvalue weighted by molar-refractivity contribution is 0.0112. The van der Waals surface area contributed by atoms with E-state index < -0.39 is 11.6 Å². The van der Waals surface area contributed by atoms with Gasteiger partial charge in [-0.15, -0.1) is 0 Å². The Morgan fingerprint density at radius 1 is 1.33 bits per heavy atom. The quantitative estimate of drug-likeness (QED) is 0.772. The molecule has 1 aromatic rings. The number of benzene rings is 1. The van der Waals surface area contributed by atoms with Gasteiger partial charge in [0.05, 0.1) is 22.9 Å². The smallest absolute Gasteiger partial charge is 0.183 e. The number of ether oxygens (including phenoxy) is 1. The third-order valence-corrected chi connectivity index (χ3v) is 3.80. The van der Waals surface area contributed by atoms with Crippen molar-refractivity contribution in [2.24, 2.45) is 5.92 Å². The number of anilines is 1. The first kappa shape index (κ1) is 13.7. The van der Waals surface area contributed by atoms with Crippen molar-refractivity contribution in [3.05, 3.63) is 28.2 Å². The molecule has 0 radical (unpaired) electrons. The molecule has 100 valence electrons. The van der Waals surface area contributed by atoms with Crippen LogP contribution in [0.2, 0.25) is 0 Å². The molecule has 0 aromatic heterocycles. The van der Waals surface area contributed by atoms with E-state index >= 15 is 0 Å². The van der Waals surface area contributed by atoms with Crippen molar-refractivity contribution >= 4 is 21.6 Å². The van der Waals surface area contributed by atoms with E-state index in [9.17, 15) is 8.78 Å². The van der Waals surface area contributed by atoms with E-state index in [1.54, 1.807) is 6.07 Å². The normalized spacial score (nSPS) is 20.6. The van der Waals surface area contributed by atoms with Crippen LogP contribution in [0.4, 0.5) is 14.5 Å². The Kier molecular flexibility index (Phi) is 4.22. The van der Waals surface area contributed by atoms with E-state index in [0.29, 0.717) is 31.3 Å². The standard InChI is InChI=1S/C13H16BrF2NO/c1-8(2)11-7-17(5-6-18-11)10-4-3-9(14)12(15)13(10)16/h3-4,8,11H,5-7H2,1-2H3/t11-/m1/s1. The lowest BCUT2D eigenvalue weighted by Gasteiger charge is -2.36. The van der Waals surface area contributed by atoms with Gasteiger partial charge >= 0.3 is 0 Å². The summed E-state index contributed by atoms with van der Waals surface area (Å²) in [7, 11) is 0. The monoisotopic (exact) mass is 319 g/mol. The molecule has 0 N–H and O–H groups in total. The van der Waals surface area contributed by atoms with Crippen LogP contribution >= 0.6 is 15.9 Å². The van der Waals surface area contributed by atoms with Crippen LogP contribution in [0.3, 0.4) is 0 Å². The molecule has 0 unspecified atom stereocenters. The van der Waals surface area contributed by atoms with Gasteiger partial charge in [0.15, 0.2) is 11.6 Å². The van der Waals surface area contributed by atoms with Gasteiger partial charge in [0.2, 0.25) is 0 Å². The highest BCUT2D eigenvalue weighted by Gasteiger charge is 2.26. The summed E-state index contributed by atoms with van der Waals surface area (Å²) in [5.74, 6) is -1.27. The van der Waals surface area contributed by atoms with Gasteiger partial charge in [-0.2, -0.15) is 0 Å². The van der Waals surface area contributed by atoms with E-state index in [2.05, 4.69) is 29.8 Å². The Bertz CT molecular complexity index is 439. The summed E-state index contributed by atoms with van der Waals surface area (Å²) < 4.78 is 33.2. The van der Waals surface area contributed by atoms with Gasteiger partial charge in [-0.05, 0) is 34.0 Å². The third kappa shape index (κ3) is 2.67. The summed E-state index contributed by atoms with van der Waals surface area (Å²) in [6, 6.07) is 3.14. The van der Waals surface area contributed by atoms with Gasteiger partial charge in [-0.25, -0.2) is 8.78 Å². The molecule has 0 spiro atoms. The van der Waals surface area contributed by atoms with Crippen molar-refractivity contribution in [2.45, 2.75) is 20.0 Å². The molecule has 0 aliphatic carbocycles. The predicted molar refractivity (Wildman–Crippen MR) is 70.8 cm³/mol. The highest BCUT2D eigenvalue weighted by atomic mass is 79.9. The lowest BCUT2D eigenvalue weighted by atomic mass is 10.1. The van der Waals surface area contributed by atoms with Crippen LogP contribution in [0.5, 0.6) is 0 Å². The van der Waals surface area contributed by atoms with Crippen LogP contribution in [0, 0.1) is 17.6 Å². The molecule has 1 saturated heterocycles. The van der Waals surface area contributed by atoms with E-state index in [1.165, 1.54) is 6.07 Å². The van der Waals surface area contributed by atoms with Crippen molar-refractivity contribution in [2.75, 3.05) is 24.6 Å². The fourth-order valence-corrected chi connectivity index (χ4v) is 2.36. The predicted octanol–water partition coefficient (Wildman–Crippen LogP) is 3.59.